The zero-order chi connectivity index (χ0) is 21.1. The molecule has 30 heavy (non-hydrogen) atoms. The first kappa shape index (κ1) is 20.0. The normalized spacial score (nSPS) is 11.3. The fourth-order valence-corrected chi connectivity index (χ4v) is 4.13. The molecule has 0 amide bonds. The summed E-state index contributed by atoms with van der Waals surface area (Å²) >= 11 is 6.00. The maximum absolute atomic E-state index is 12.9. The number of anilines is 1. The van der Waals surface area contributed by atoms with Gasteiger partial charge in [-0.3, -0.25) is 0 Å². The van der Waals surface area contributed by atoms with Gasteiger partial charge in [-0.25, -0.2) is 0 Å². The minimum Gasteiger partial charge on any atom is -0.388 e. The molecule has 152 valence electrons. The first-order valence-electron chi connectivity index (χ1n) is 9.18. The highest BCUT2D eigenvalue weighted by atomic mass is 35.5. The van der Waals surface area contributed by atoms with Gasteiger partial charge < -0.3 is 5.32 Å². The number of benzene rings is 3. The number of halogens is 1. The fraction of sp³-hybridized carbons (Fsp3) is 0.0455. The van der Waals surface area contributed by atoms with E-state index in [2.05, 4.69) is 15.2 Å². The molecule has 4 rings (SSSR count). The lowest BCUT2D eigenvalue weighted by atomic mass is 10.1. The minimum atomic E-state index is -3.82. The summed E-state index contributed by atoms with van der Waals surface area (Å²) in [5.41, 5.74) is 3.76. The van der Waals surface area contributed by atoms with Gasteiger partial charge in [0.1, 0.15) is 0 Å². The number of hydrogen-bond donors (Lipinski definition) is 2. The monoisotopic (exact) mass is 438 g/mol. The first-order valence-corrected chi connectivity index (χ1v) is 11.0. The zero-order valence-electron chi connectivity index (χ0n) is 16.1. The molecule has 8 heteroatoms. The first-order chi connectivity index (χ1) is 14.5. The Morgan fingerprint density at radius 3 is 2.30 bits per heavy atom. The Morgan fingerprint density at radius 2 is 1.60 bits per heavy atom. The van der Waals surface area contributed by atoms with E-state index in [1.807, 2.05) is 49.5 Å². The average molecular weight is 439 g/mol. The third-order valence-corrected chi connectivity index (χ3v) is 6.11. The van der Waals surface area contributed by atoms with Gasteiger partial charge in [0, 0.05) is 28.9 Å². The van der Waals surface area contributed by atoms with Crippen molar-refractivity contribution in [1.29, 1.82) is 0 Å². The van der Waals surface area contributed by atoms with Crippen LogP contribution in [-0.4, -0.2) is 25.4 Å². The third kappa shape index (κ3) is 4.17. The molecule has 0 fully saturated rings. The predicted octanol–water partition coefficient (Wildman–Crippen LogP) is 4.84. The van der Waals surface area contributed by atoms with Crippen molar-refractivity contribution in [2.75, 3.05) is 17.2 Å². The van der Waals surface area contributed by atoms with Crippen molar-refractivity contribution in [1.82, 2.24) is 9.89 Å². The molecule has 0 spiro atoms. The molecule has 0 saturated heterocycles. The van der Waals surface area contributed by atoms with Gasteiger partial charge in [0.05, 0.1) is 16.3 Å². The molecule has 0 radical (unpaired) electrons. The van der Waals surface area contributed by atoms with Crippen molar-refractivity contribution < 1.29 is 8.42 Å². The molecule has 0 aliphatic heterocycles. The fourth-order valence-electron chi connectivity index (χ4n) is 3.02. The van der Waals surface area contributed by atoms with Crippen LogP contribution < -0.4 is 10.1 Å². The highest BCUT2D eigenvalue weighted by molar-refractivity contribution is 7.92. The molecular weight excluding hydrogens is 420 g/mol. The molecule has 0 unspecified atom stereocenters. The Kier molecular flexibility index (Phi) is 5.48. The van der Waals surface area contributed by atoms with Crippen LogP contribution in [0.4, 0.5) is 5.69 Å². The van der Waals surface area contributed by atoms with Gasteiger partial charge in [0.15, 0.2) is 0 Å². The van der Waals surface area contributed by atoms with Crippen LogP contribution in [0.15, 0.2) is 89.8 Å². The number of nitrogens with zero attached hydrogens (tertiary/aromatic N) is 2. The second-order valence-electron chi connectivity index (χ2n) is 6.57. The van der Waals surface area contributed by atoms with Crippen LogP contribution in [0.3, 0.4) is 0 Å². The van der Waals surface area contributed by atoms with Gasteiger partial charge in [0.25, 0.3) is 10.0 Å². The predicted molar refractivity (Wildman–Crippen MR) is 121 cm³/mol. The molecule has 1 aromatic heterocycles. The standard InChI is InChI=1S/C22H19ClN4O2S/c1-24-19-7-5-6-17(14-19)22-15-21(16-10-12-18(23)13-11-16)25-27(22)26-30(28,29)20-8-3-2-4-9-20/h2-15,24,26H,1H3. The Labute approximate surface area is 180 Å². The molecular formula is C22H19ClN4O2S. The number of rotatable bonds is 6. The minimum absolute atomic E-state index is 0.156. The van der Waals surface area contributed by atoms with Crippen molar-refractivity contribution in [3.8, 4) is 22.5 Å². The lowest BCUT2D eigenvalue weighted by molar-refractivity contribution is 0.592. The largest absolute Gasteiger partial charge is 0.388 e. The second-order valence-corrected chi connectivity index (χ2v) is 8.67. The molecule has 0 bridgehead atoms. The Bertz CT molecular complexity index is 1270. The van der Waals surface area contributed by atoms with Gasteiger partial charge in [-0.1, -0.05) is 54.1 Å². The smallest absolute Gasteiger partial charge is 0.276 e. The zero-order valence-corrected chi connectivity index (χ0v) is 17.7. The van der Waals surface area contributed by atoms with E-state index in [4.69, 9.17) is 11.6 Å². The highest BCUT2D eigenvalue weighted by Crippen LogP contribution is 2.28. The maximum Gasteiger partial charge on any atom is 0.276 e. The number of nitrogens with one attached hydrogen (secondary N) is 2. The van der Waals surface area contributed by atoms with Gasteiger partial charge >= 0.3 is 0 Å². The Morgan fingerprint density at radius 1 is 0.867 bits per heavy atom. The molecule has 4 aromatic rings. The van der Waals surface area contributed by atoms with Gasteiger partial charge in [-0.05, 0) is 42.5 Å². The summed E-state index contributed by atoms with van der Waals surface area (Å²) in [6, 6.07) is 24.9. The molecule has 3 aromatic carbocycles. The summed E-state index contributed by atoms with van der Waals surface area (Å²) in [5.74, 6) is 0. The van der Waals surface area contributed by atoms with E-state index in [0.717, 1.165) is 16.8 Å². The summed E-state index contributed by atoms with van der Waals surface area (Å²) in [4.78, 5) is 4.02. The molecule has 2 N–H and O–H groups in total. The molecule has 0 saturated carbocycles. The summed E-state index contributed by atoms with van der Waals surface area (Å²) in [6.45, 7) is 0. The van der Waals surface area contributed by atoms with E-state index in [9.17, 15) is 8.42 Å². The van der Waals surface area contributed by atoms with Gasteiger partial charge in [-0.2, -0.15) is 23.1 Å². The number of aromatic nitrogens is 2. The molecule has 0 atom stereocenters. The average Bonchev–Trinajstić information content (AvgIpc) is 3.18. The quantitative estimate of drug-likeness (QED) is 0.451. The molecule has 0 aliphatic rings. The van der Waals surface area contributed by atoms with E-state index >= 15 is 0 Å². The summed E-state index contributed by atoms with van der Waals surface area (Å²) in [7, 11) is -1.99. The lowest BCUT2D eigenvalue weighted by Crippen LogP contribution is -2.25. The van der Waals surface area contributed by atoms with Gasteiger partial charge in [0.2, 0.25) is 0 Å². The van der Waals surface area contributed by atoms with Crippen molar-refractivity contribution in [3.05, 3.63) is 90.0 Å². The summed E-state index contributed by atoms with van der Waals surface area (Å²) < 4.78 is 25.8. The van der Waals surface area contributed by atoms with Crippen molar-refractivity contribution in [2.45, 2.75) is 4.90 Å². The van der Waals surface area contributed by atoms with Crippen molar-refractivity contribution >= 4 is 27.3 Å². The van der Waals surface area contributed by atoms with Crippen LogP contribution in [-0.2, 0) is 10.0 Å². The van der Waals surface area contributed by atoms with Crippen LogP contribution >= 0.6 is 11.6 Å². The topological polar surface area (TPSA) is 76.0 Å². The summed E-state index contributed by atoms with van der Waals surface area (Å²) in [5, 5.41) is 8.22. The molecule has 0 aliphatic carbocycles. The maximum atomic E-state index is 12.9. The van der Waals surface area contributed by atoms with Crippen molar-refractivity contribution in [2.24, 2.45) is 0 Å². The Hall–Kier alpha value is -3.29. The second kappa shape index (κ2) is 8.22. The van der Waals surface area contributed by atoms with E-state index < -0.39 is 10.0 Å². The van der Waals surface area contributed by atoms with Crippen LogP contribution in [0.1, 0.15) is 0 Å². The lowest BCUT2D eigenvalue weighted by Gasteiger charge is -2.12. The Balaban J connectivity index is 1.82. The van der Waals surface area contributed by atoms with E-state index in [-0.39, 0.29) is 4.90 Å². The third-order valence-electron chi connectivity index (χ3n) is 4.56. The number of sulfonamides is 1. The van der Waals surface area contributed by atoms with Crippen LogP contribution in [0.2, 0.25) is 5.02 Å². The highest BCUT2D eigenvalue weighted by Gasteiger charge is 2.19. The van der Waals surface area contributed by atoms with Gasteiger partial charge in [-0.15, -0.1) is 0 Å². The van der Waals surface area contributed by atoms with E-state index in [0.29, 0.717) is 16.4 Å². The van der Waals surface area contributed by atoms with Crippen LogP contribution in [0, 0.1) is 0 Å². The van der Waals surface area contributed by atoms with E-state index in [1.54, 1.807) is 30.3 Å². The number of hydrogen-bond acceptors (Lipinski definition) is 4. The van der Waals surface area contributed by atoms with E-state index in [1.165, 1.54) is 16.9 Å². The van der Waals surface area contributed by atoms with Crippen LogP contribution in [0.25, 0.3) is 22.5 Å². The molecule has 1 heterocycles. The SMILES string of the molecule is CNc1cccc(-c2cc(-c3ccc(Cl)cc3)nn2NS(=O)(=O)c2ccccc2)c1. The summed E-state index contributed by atoms with van der Waals surface area (Å²) in [6.07, 6.45) is 0. The molecule has 6 nitrogen and oxygen atoms in total. The van der Waals surface area contributed by atoms with Crippen LogP contribution in [0.5, 0.6) is 0 Å². The van der Waals surface area contributed by atoms with Crippen molar-refractivity contribution in [3.63, 3.8) is 0 Å².